The summed E-state index contributed by atoms with van der Waals surface area (Å²) >= 11 is 0. The highest BCUT2D eigenvalue weighted by Gasteiger charge is 2.29. The molecule has 0 unspecified atom stereocenters. The molecule has 0 aliphatic heterocycles. The van der Waals surface area contributed by atoms with Gasteiger partial charge in [0.05, 0.1) is 5.56 Å². The van der Waals surface area contributed by atoms with Gasteiger partial charge in [-0.2, -0.15) is 13.2 Å². The molecule has 0 spiro atoms. The van der Waals surface area contributed by atoms with Crippen molar-refractivity contribution in [2.45, 2.75) is 50.9 Å². The predicted octanol–water partition coefficient (Wildman–Crippen LogP) is 3.44. The third kappa shape index (κ3) is 8.35. The maximum atomic E-state index is 12.5. The Labute approximate surface area is 174 Å². The maximum Gasteiger partial charge on any atom is 0.416 e. The zero-order chi connectivity index (χ0) is 19.0. The van der Waals surface area contributed by atoms with Crippen molar-refractivity contribution >= 4 is 35.8 Å². The molecule has 1 amide bonds. The number of benzene rings is 1. The first-order valence-electron chi connectivity index (χ1n) is 8.78. The summed E-state index contributed by atoms with van der Waals surface area (Å²) in [7, 11) is 1.60. The van der Waals surface area contributed by atoms with E-state index in [1.165, 1.54) is 25.0 Å². The van der Waals surface area contributed by atoms with Gasteiger partial charge >= 0.3 is 6.18 Å². The van der Waals surface area contributed by atoms with E-state index in [-0.39, 0.29) is 29.9 Å². The van der Waals surface area contributed by atoms with Crippen molar-refractivity contribution in [1.82, 2.24) is 16.0 Å². The van der Waals surface area contributed by atoms with Gasteiger partial charge in [0.1, 0.15) is 0 Å². The van der Waals surface area contributed by atoms with Crippen molar-refractivity contribution in [2.75, 3.05) is 13.6 Å². The molecule has 1 aliphatic rings. The molecule has 1 aromatic carbocycles. The minimum atomic E-state index is -4.33. The van der Waals surface area contributed by atoms with E-state index in [0.29, 0.717) is 37.1 Å². The molecule has 3 N–H and O–H groups in total. The Hall–Kier alpha value is -1.52. The van der Waals surface area contributed by atoms with Crippen LogP contribution in [0.1, 0.15) is 43.2 Å². The lowest BCUT2D eigenvalue weighted by Gasteiger charge is -2.14. The number of carbonyl (C=O) groups is 1. The van der Waals surface area contributed by atoms with Crippen molar-refractivity contribution in [3.63, 3.8) is 0 Å². The zero-order valence-electron chi connectivity index (χ0n) is 15.2. The molecule has 27 heavy (non-hydrogen) atoms. The second-order valence-electron chi connectivity index (χ2n) is 6.35. The first-order chi connectivity index (χ1) is 12.4. The van der Waals surface area contributed by atoms with Crippen LogP contribution in [-0.4, -0.2) is 31.5 Å². The Balaban J connectivity index is 0.00000364. The molecule has 0 bridgehead atoms. The third-order valence-corrected chi connectivity index (χ3v) is 4.33. The molecular formula is C18H26F3IN4O. The van der Waals surface area contributed by atoms with E-state index in [9.17, 15) is 18.0 Å². The minimum absolute atomic E-state index is 0. The normalized spacial score (nSPS) is 15.2. The van der Waals surface area contributed by atoms with E-state index in [1.807, 2.05) is 0 Å². The molecular weight excluding hydrogens is 472 g/mol. The van der Waals surface area contributed by atoms with Gasteiger partial charge in [-0.05, 0) is 30.5 Å². The standard InChI is InChI=1S/C18H25F3N4O.HI/c1-22-17(23-11-10-16(26)25-15-4-2-3-5-15)24-12-13-6-8-14(9-7-13)18(19,20)21;/h6-9,15H,2-5,10-12H2,1H3,(H,25,26)(H2,22,23,24);1H. The first kappa shape index (κ1) is 23.5. The second-order valence-corrected chi connectivity index (χ2v) is 6.35. The van der Waals surface area contributed by atoms with E-state index in [2.05, 4.69) is 20.9 Å². The Morgan fingerprint density at radius 1 is 1.15 bits per heavy atom. The number of hydrogen-bond donors (Lipinski definition) is 3. The summed E-state index contributed by atoms with van der Waals surface area (Å²) in [5.41, 5.74) is 0.0389. The number of carbonyl (C=O) groups excluding carboxylic acids is 1. The van der Waals surface area contributed by atoms with Gasteiger partial charge in [-0.1, -0.05) is 25.0 Å². The fourth-order valence-electron chi connectivity index (χ4n) is 2.88. The number of aliphatic imine (C=N–C) groups is 1. The lowest BCUT2D eigenvalue weighted by Crippen LogP contribution is -2.40. The minimum Gasteiger partial charge on any atom is -0.356 e. The number of halogens is 4. The molecule has 0 atom stereocenters. The van der Waals surface area contributed by atoms with Crippen LogP contribution >= 0.6 is 24.0 Å². The summed E-state index contributed by atoms with van der Waals surface area (Å²) in [5, 5.41) is 9.06. The largest absolute Gasteiger partial charge is 0.416 e. The average molecular weight is 498 g/mol. The Kier molecular flexibility index (Phi) is 9.89. The smallest absolute Gasteiger partial charge is 0.356 e. The van der Waals surface area contributed by atoms with Gasteiger partial charge in [0.2, 0.25) is 5.91 Å². The number of rotatable bonds is 6. The quantitative estimate of drug-likeness (QED) is 0.320. The molecule has 0 saturated heterocycles. The second kappa shape index (κ2) is 11.4. The van der Waals surface area contributed by atoms with E-state index in [0.717, 1.165) is 25.0 Å². The van der Waals surface area contributed by atoms with Crippen LogP contribution in [0.4, 0.5) is 13.2 Å². The topological polar surface area (TPSA) is 65.5 Å². The summed E-state index contributed by atoms with van der Waals surface area (Å²) in [5.74, 6) is 0.515. The van der Waals surface area contributed by atoms with Gasteiger partial charge in [-0.25, -0.2) is 0 Å². The molecule has 0 aromatic heterocycles. The highest BCUT2D eigenvalue weighted by molar-refractivity contribution is 14.0. The molecule has 0 radical (unpaired) electrons. The number of nitrogens with zero attached hydrogens (tertiary/aromatic N) is 1. The fraction of sp³-hybridized carbons (Fsp3) is 0.556. The van der Waals surface area contributed by atoms with Crippen LogP contribution in [-0.2, 0) is 17.5 Å². The number of guanidine groups is 1. The molecule has 1 fully saturated rings. The zero-order valence-corrected chi connectivity index (χ0v) is 17.6. The summed E-state index contributed by atoms with van der Waals surface area (Å²) in [6, 6.07) is 5.27. The van der Waals surface area contributed by atoms with Gasteiger partial charge in [0.15, 0.2) is 5.96 Å². The molecule has 152 valence electrons. The number of alkyl halides is 3. The molecule has 2 rings (SSSR count). The van der Waals surface area contributed by atoms with Gasteiger partial charge in [-0.3, -0.25) is 9.79 Å². The van der Waals surface area contributed by atoms with Crippen molar-refractivity contribution in [1.29, 1.82) is 0 Å². The van der Waals surface area contributed by atoms with Crippen LogP contribution in [0.15, 0.2) is 29.3 Å². The summed E-state index contributed by atoms with van der Waals surface area (Å²) in [4.78, 5) is 15.9. The van der Waals surface area contributed by atoms with Crippen molar-refractivity contribution in [2.24, 2.45) is 4.99 Å². The Bertz CT molecular complexity index is 614. The average Bonchev–Trinajstić information content (AvgIpc) is 3.10. The van der Waals surface area contributed by atoms with Crippen molar-refractivity contribution < 1.29 is 18.0 Å². The lowest BCUT2D eigenvalue weighted by atomic mass is 10.1. The van der Waals surface area contributed by atoms with Crippen molar-refractivity contribution in [3.8, 4) is 0 Å². The predicted molar refractivity (Wildman–Crippen MR) is 110 cm³/mol. The Morgan fingerprint density at radius 2 is 1.78 bits per heavy atom. The number of nitrogens with one attached hydrogen (secondary N) is 3. The highest BCUT2D eigenvalue weighted by Crippen LogP contribution is 2.29. The SMILES string of the molecule is CN=C(NCCC(=O)NC1CCCC1)NCc1ccc(C(F)(F)F)cc1.I. The fourth-order valence-corrected chi connectivity index (χ4v) is 2.88. The van der Waals surface area contributed by atoms with Gasteiger partial charge in [0, 0.05) is 32.6 Å². The number of amides is 1. The van der Waals surface area contributed by atoms with Crippen LogP contribution in [0.2, 0.25) is 0 Å². The third-order valence-electron chi connectivity index (χ3n) is 4.33. The van der Waals surface area contributed by atoms with E-state index in [4.69, 9.17) is 0 Å². The maximum absolute atomic E-state index is 12.5. The highest BCUT2D eigenvalue weighted by atomic mass is 127. The summed E-state index contributed by atoms with van der Waals surface area (Å²) in [6.07, 6.45) is 0.457. The number of hydrogen-bond acceptors (Lipinski definition) is 2. The summed E-state index contributed by atoms with van der Waals surface area (Å²) < 4.78 is 37.6. The van der Waals surface area contributed by atoms with Gasteiger partial charge in [-0.15, -0.1) is 24.0 Å². The van der Waals surface area contributed by atoms with Gasteiger partial charge in [0.25, 0.3) is 0 Å². The molecule has 1 saturated carbocycles. The van der Waals surface area contributed by atoms with Crippen LogP contribution in [0.5, 0.6) is 0 Å². The van der Waals surface area contributed by atoms with Crippen LogP contribution in [0.3, 0.4) is 0 Å². The van der Waals surface area contributed by atoms with Crippen LogP contribution in [0.25, 0.3) is 0 Å². The Morgan fingerprint density at radius 3 is 2.33 bits per heavy atom. The van der Waals surface area contributed by atoms with Crippen LogP contribution in [0, 0.1) is 0 Å². The monoisotopic (exact) mass is 498 g/mol. The van der Waals surface area contributed by atoms with E-state index < -0.39 is 11.7 Å². The summed E-state index contributed by atoms with van der Waals surface area (Å²) in [6.45, 7) is 0.775. The van der Waals surface area contributed by atoms with E-state index in [1.54, 1.807) is 7.05 Å². The van der Waals surface area contributed by atoms with Crippen LogP contribution < -0.4 is 16.0 Å². The van der Waals surface area contributed by atoms with E-state index >= 15 is 0 Å². The molecule has 1 aliphatic carbocycles. The lowest BCUT2D eigenvalue weighted by molar-refractivity contribution is -0.137. The molecule has 1 aromatic rings. The first-order valence-corrected chi connectivity index (χ1v) is 8.78. The van der Waals surface area contributed by atoms with Gasteiger partial charge < -0.3 is 16.0 Å². The molecule has 0 heterocycles. The molecule has 9 heteroatoms. The van der Waals surface area contributed by atoms with Crippen molar-refractivity contribution in [3.05, 3.63) is 35.4 Å². The molecule has 5 nitrogen and oxygen atoms in total.